The van der Waals surface area contributed by atoms with E-state index < -0.39 is 23.2 Å². The lowest BCUT2D eigenvalue weighted by Crippen LogP contribution is -2.57. The van der Waals surface area contributed by atoms with Gasteiger partial charge in [-0.15, -0.1) is 0 Å². The molecule has 1 aromatic carbocycles. The van der Waals surface area contributed by atoms with Gasteiger partial charge < -0.3 is 15.7 Å². The molecule has 1 fully saturated rings. The van der Waals surface area contributed by atoms with Gasteiger partial charge in [0, 0.05) is 6.54 Å². The first-order valence-electron chi connectivity index (χ1n) is 6.10. The lowest BCUT2D eigenvalue weighted by Gasteiger charge is -2.37. The van der Waals surface area contributed by atoms with E-state index in [0.717, 1.165) is 12.1 Å². The van der Waals surface area contributed by atoms with Crippen LogP contribution in [0.2, 0.25) is 5.02 Å². The second-order valence-electron chi connectivity index (χ2n) is 4.85. The summed E-state index contributed by atoms with van der Waals surface area (Å²) in [5.74, 6) is -1.87. The van der Waals surface area contributed by atoms with Gasteiger partial charge in [-0.1, -0.05) is 11.6 Å². The van der Waals surface area contributed by atoms with Crippen molar-refractivity contribution in [2.45, 2.75) is 18.4 Å². The summed E-state index contributed by atoms with van der Waals surface area (Å²) in [7, 11) is 0. The molecule has 1 unspecified atom stereocenters. The zero-order valence-electron chi connectivity index (χ0n) is 10.6. The van der Waals surface area contributed by atoms with E-state index in [2.05, 4.69) is 0 Å². The van der Waals surface area contributed by atoms with Crippen molar-refractivity contribution in [1.29, 1.82) is 0 Å². The molecule has 1 atom stereocenters. The number of nitrogens with zero attached hydrogens (tertiary/aromatic N) is 1. The molecule has 1 aromatic rings. The third kappa shape index (κ3) is 2.76. The van der Waals surface area contributed by atoms with Crippen molar-refractivity contribution < 1.29 is 19.1 Å². The molecule has 2 amide bonds. The van der Waals surface area contributed by atoms with Gasteiger partial charge in [0.2, 0.25) is 0 Å². The van der Waals surface area contributed by atoms with Crippen LogP contribution in [0.1, 0.15) is 23.2 Å². The monoisotopic (exact) mass is 300 g/mol. The van der Waals surface area contributed by atoms with Crippen molar-refractivity contribution in [1.82, 2.24) is 4.90 Å². The van der Waals surface area contributed by atoms with Gasteiger partial charge in [0.1, 0.15) is 5.82 Å². The molecule has 0 aromatic heterocycles. The average Bonchev–Trinajstić information content (AvgIpc) is 2.38. The molecule has 2 rings (SSSR count). The van der Waals surface area contributed by atoms with Crippen molar-refractivity contribution in [2.75, 3.05) is 13.1 Å². The molecule has 1 heterocycles. The second kappa shape index (κ2) is 5.38. The SMILES string of the molecule is NC(=O)C1(O)CCCN(C(=O)c2ccc(F)cc2Cl)C1. The average molecular weight is 301 g/mol. The van der Waals surface area contributed by atoms with Crippen LogP contribution in [-0.4, -0.2) is 40.5 Å². The molecule has 1 saturated heterocycles. The molecule has 108 valence electrons. The first kappa shape index (κ1) is 14.7. The van der Waals surface area contributed by atoms with Gasteiger partial charge >= 0.3 is 0 Å². The highest BCUT2D eigenvalue weighted by Crippen LogP contribution is 2.25. The highest BCUT2D eigenvalue weighted by molar-refractivity contribution is 6.33. The quantitative estimate of drug-likeness (QED) is 0.852. The Hall–Kier alpha value is -1.66. The number of piperidine rings is 1. The van der Waals surface area contributed by atoms with Gasteiger partial charge in [0.15, 0.2) is 5.60 Å². The molecule has 7 heteroatoms. The van der Waals surface area contributed by atoms with E-state index in [4.69, 9.17) is 17.3 Å². The number of hydrogen-bond donors (Lipinski definition) is 2. The number of amides is 2. The molecule has 20 heavy (non-hydrogen) atoms. The summed E-state index contributed by atoms with van der Waals surface area (Å²) in [6.07, 6.45) is 0.660. The zero-order valence-corrected chi connectivity index (χ0v) is 11.4. The van der Waals surface area contributed by atoms with Crippen LogP contribution >= 0.6 is 11.6 Å². The van der Waals surface area contributed by atoms with Crippen LogP contribution in [-0.2, 0) is 4.79 Å². The van der Waals surface area contributed by atoms with Crippen LogP contribution in [0.3, 0.4) is 0 Å². The largest absolute Gasteiger partial charge is 0.378 e. The van der Waals surface area contributed by atoms with E-state index in [-0.39, 0.29) is 23.6 Å². The molecule has 1 aliphatic rings. The highest BCUT2D eigenvalue weighted by atomic mass is 35.5. The number of hydrogen-bond acceptors (Lipinski definition) is 3. The van der Waals surface area contributed by atoms with Crippen molar-refractivity contribution in [2.24, 2.45) is 5.73 Å². The Kier molecular flexibility index (Phi) is 3.96. The molecule has 0 spiro atoms. The standard InChI is InChI=1S/C13H14ClFN2O3/c14-10-6-8(15)2-3-9(10)11(18)17-5-1-4-13(20,7-17)12(16)19/h2-3,6,20H,1,4-5,7H2,(H2,16,19). The van der Waals surface area contributed by atoms with E-state index >= 15 is 0 Å². The van der Waals surface area contributed by atoms with Crippen molar-refractivity contribution in [3.8, 4) is 0 Å². The number of rotatable bonds is 2. The maximum Gasteiger partial charge on any atom is 0.255 e. The Morgan fingerprint density at radius 1 is 1.45 bits per heavy atom. The van der Waals surface area contributed by atoms with E-state index in [0.29, 0.717) is 13.0 Å². The van der Waals surface area contributed by atoms with Crippen LogP contribution in [0.4, 0.5) is 4.39 Å². The summed E-state index contributed by atoms with van der Waals surface area (Å²) < 4.78 is 13.0. The first-order valence-corrected chi connectivity index (χ1v) is 6.48. The van der Waals surface area contributed by atoms with Crippen LogP contribution in [0.25, 0.3) is 0 Å². The van der Waals surface area contributed by atoms with E-state index in [1.54, 1.807) is 0 Å². The maximum atomic E-state index is 13.0. The normalized spacial score (nSPS) is 22.6. The molecule has 5 nitrogen and oxygen atoms in total. The van der Waals surface area contributed by atoms with Crippen LogP contribution in [0.5, 0.6) is 0 Å². The summed E-state index contributed by atoms with van der Waals surface area (Å²) in [5, 5.41) is 10.1. The number of β-amino-alcohol motifs (C(OH)–C–C–N with tert-alkyl or cyclic N) is 1. The molecule has 0 aliphatic carbocycles. The number of halogens is 2. The predicted octanol–water partition coefficient (Wildman–Crippen LogP) is 0.931. The maximum absolute atomic E-state index is 13.0. The third-order valence-electron chi connectivity index (χ3n) is 3.38. The first-order chi connectivity index (χ1) is 9.33. The molecular weight excluding hydrogens is 287 g/mol. The van der Waals surface area contributed by atoms with Gasteiger partial charge in [-0.25, -0.2) is 4.39 Å². The van der Waals surface area contributed by atoms with Gasteiger partial charge in [0.25, 0.3) is 11.8 Å². The summed E-state index contributed by atoms with van der Waals surface area (Å²) in [5.41, 5.74) is 3.55. The zero-order chi connectivity index (χ0) is 14.9. The predicted molar refractivity (Wildman–Crippen MR) is 70.7 cm³/mol. The van der Waals surface area contributed by atoms with Crippen molar-refractivity contribution in [3.63, 3.8) is 0 Å². The summed E-state index contributed by atoms with van der Waals surface area (Å²) in [4.78, 5) is 24.8. The van der Waals surface area contributed by atoms with Crippen LogP contribution in [0.15, 0.2) is 18.2 Å². The summed E-state index contributed by atoms with van der Waals surface area (Å²) >= 11 is 5.84. The van der Waals surface area contributed by atoms with E-state index in [1.807, 2.05) is 0 Å². The van der Waals surface area contributed by atoms with Gasteiger partial charge in [-0.05, 0) is 31.0 Å². The Morgan fingerprint density at radius 2 is 2.15 bits per heavy atom. The Bertz CT molecular complexity index is 567. The Balaban J connectivity index is 2.23. The lowest BCUT2D eigenvalue weighted by molar-refractivity contribution is -0.140. The number of carbonyl (C=O) groups excluding carboxylic acids is 2. The fourth-order valence-corrected chi connectivity index (χ4v) is 2.49. The fraction of sp³-hybridized carbons (Fsp3) is 0.385. The van der Waals surface area contributed by atoms with Gasteiger partial charge in [0.05, 0.1) is 17.1 Å². The summed E-state index contributed by atoms with van der Waals surface area (Å²) in [6.45, 7) is 0.191. The van der Waals surface area contributed by atoms with Crippen molar-refractivity contribution in [3.05, 3.63) is 34.6 Å². The van der Waals surface area contributed by atoms with Crippen LogP contribution < -0.4 is 5.73 Å². The van der Waals surface area contributed by atoms with E-state index in [1.165, 1.54) is 11.0 Å². The molecule has 0 saturated carbocycles. The minimum atomic E-state index is -1.72. The van der Waals surface area contributed by atoms with Gasteiger partial charge in [-0.3, -0.25) is 9.59 Å². The number of aliphatic hydroxyl groups is 1. The number of nitrogens with two attached hydrogens (primary N) is 1. The van der Waals surface area contributed by atoms with Gasteiger partial charge in [-0.2, -0.15) is 0 Å². The van der Waals surface area contributed by atoms with E-state index in [9.17, 15) is 19.1 Å². The molecule has 0 radical (unpaired) electrons. The molecule has 0 bridgehead atoms. The topological polar surface area (TPSA) is 83.6 Å². The molecular formula is C13H14ClFN2O3. The third-order valence-corrected chi connectivity index (χ3v) is 3.69. The smallest absolute Gasteiger partial charge is 0.255 e. The summed E-state index contributed by atoms with van der Waals surface area (Å²) in [6, 6.07) is 3.44. The minimum Gasteiger partial charge on any atom is -0.378 e. The Labute approximate surface area is 120 Å². The molecule has 3 N–H and O–H groups in total. The number of benzene rings is 1. The van der Waals surface area contributed by atoms with Crippen molar-refractivity contribution >= 4 is 23.4 Å². The van der Waals surface area contributed by atoms with Crippen LogP contribution in [0, 0.1) is 5.82 Å². The molecule has 1 aliphatic heterocycles. The lowest BCUT2D eigenvalue weighted by atomic mass is 9.92. The second-order valence-corrected chi connectivity index (χ2v) is 5.26. The fourth-order valence-electron chi connectivity index (χ4n) is 2.24. The Morgan fingerprint density at radius 3 is 2.75 bits per heavy atom. The number of likely N-dealkylation sites (tertiary alicyclic amines) is 1. The number of primary amides is 1. The highest BCUT2D eigenvalue weighted by Gasteiger charge is 2.40. The minimum absolute atomic E-state index is 0.0109. The number of carbonyl (C=O) groups is 2.